The van der Waals surface area contributed by atoms with Crippen LogP contribution in [0.1, 0.15) is 35.6 Å². The molecule has 1 unspecified atom stereocenters. The number of nitrogens with one attached hydrogen (secondary N) is 1. The number of rotatable bonds is 5. The molecule has 0 aromatic heterocycles. The van der Waals surface area contributed by atoms with Crippen molar-refractivity contribution < 1.29 is 0 Å². The zero-order valence-electron chi connectivity index (χ0n) is 12.0. The van der Waals surface area contributed by atoms with Gasteiger partial charge < -0.3 is 5.32 Å². The summed E-state index contributed by atoms with van der Waals surface area (Å²) in [5.74, 6) is -0.107. The average Bonchev–Trinajstić information content (AvgIpc) is 2.49. The summed E-state index contributed by atoms with van der Waals surface area (Å²) in [5, 5.41) is 12.8. The monoisotopic (exact) mass is 264 g/mol. The van der Waals surface area contributed by atoms with E-state index in [9.17, 15) is 5.26 Å². The molecule has 2 heteroatoms. The smallest absolute Gasteiger partial charge is 0.0837 e. The Hall–Kier alpha value is -2.11. The largest absolute Gasteiger partial charge is 0.309 e. The highest BCUT2D eigenvalue weighted by Gasteiger charge is 2.12. The predicted molar refractivity (Wildman–Crippen MR) is 82.4 cm³/mol. The van der Waals surface area contributed by atoms with Crippen molar-refractivity contribution in [2.24, 2.45) is 0 Å². The molecule has 102 valence electrons. The zero-order valence-corrected chi connectivity index (χ0v) is 12.0. The van der Waals surface area contributed by atoms with E-state index in [1.54, 1.807) is 0 Å². The van der Waals surface area contributed by atoms with Crippen LogP contribution in [0, 0.1) is 18.3 Å². The van der Waals surface area contributed by atoms with Gasteiger partial charge in [-0.05, 0) is 25.0 Å². The molecule has 0 aliphatic rings. The lowest BCUT2D eigenvalue weighted by Gasteiger charge is -2.17. The molecule has 0 bridgehead atoms. The third-order valence-electron chi connectivity index (χ3n) is 3.56. The maximum atomic E-state index is 9.31. The molecule has 0 aliphatic carbocycles. The van der Waals surface area contributed by atoms with Crippen LogP contribution in [0.15, 0.2) is 54.6 Å². The Kier molecular flexibility index (Phi) is 4.92. The Balaban J connectivity index is 1.97. The molecule has 2 aromatic carbocycles. The van der Waals surface area contributed by atoms with Crippen molar-refractivity contribution in [1.29, 1.82) is 5.26 Å². The van der Waals surface area contributed by atoms with Crippen LogP contribution in [0.2, 0.25) is 0 Å². The molecule has 2 aromatic rings. The minimum Gasteiger partial charge on any atom is -0.309 e. The molecule has 0 fully saturated rings. The van der Waals surface area contributed by atoms with Gasteiger partial charge in [0, 0.05) is 12.6 Å². The van der Waals surface area contributed by atoms with Gasteiger partial charge in [0.1, 0.15) is 0 Å². The van der Waals surface area contributed by atoms with Gasteiger partial charge in [-0.25, -0.2) is 0 Å². The molecule has 2 atom stereocenters. The minimum absolute atomic E-state index is 0.107. The first kappa shape index (κ1) is 14.3. The van der Waals surface area contributed by atoms with Gasteiger partial charge in [-0.1, -0.05) is 60.2 Å². The summed E-state index contributed by atoms with van der Waals surface area (Å²) in [6, 6.07) is 21.1. The number of aryl methyl sites for hydroxylation is 1. The first-order valence-electron chi connectivity index (χ1n) is 6.95. The highest BCUT2D eigenvalue weighted by Crippen LogP contribution is 2.17. The summed E-state index contributed by atoms with van der Waals surface area (Å²) in [6.45, 7) is 4.88. The van der Waals surface area contributed by atoms with E-state index in [2.05, 4.69) is 49.5 Å². The molecule has 0 amide bonds. The van der Waals surface area contributed by atoms with E-state index < -0.39 is 0 Å². The molecule has 0 heterocycles. The molecular formula is C18H20N2. The van der Waals surface area contributed by atoms with Crippen molar-refractivity contribution in [2.45, 2.75) is 25.8 Å². The predicted octanol–water partition coefficient (Wildman–Crippen LogP) is 3.95. The van der Waals surface area contributed by atoms with Crippen LogP contribution in [-0.4, -0.2) is 6.54 Å². The summed E-state index contributed by atoms with van der Waals surface area (Å²) < 4.78 is 0. The second kappa shape index (κ2) is 6.88. The summed E-state index contributed by atoms with van der Waals surface area (Å²) in [6.07, 6.45) is 0. The van der Waals surface area contributed by atoms with Gasteiger partial charge in [0.2, 0.25) is 0 Å². The van der Waals surface area contributed by atoms with Crippen LogP contribution in [0.4, 0.5) is 0 Å². The van der Waals surface area contributed by atoms with E-state index in [0.29, 0.717) is 6.54 Å². The molecule has 2 rings (SSSR count). The van der Waals surface area contributed by atoms with Gasteiger partial charge in [0.25, 0.3) is 0 Å². The topological polar surface area (TPSA) is 35.8 Å². The average molecular weight is 264 g/mol. The zero-order chi connectivity index (χ0) is 14.4. The van der Waals surface area contributed by atoms with Gasteiger partial charge in [0.15, 0.2) is 0 Å². The lowest BCUT2D eigenvalue weighted by Crippen LogP contribution is -2.24. The lowest BCUT2D eigenvalue weighted by molar-refractivity contribution is 0.558. The van der Waals surface area contributed by atoms with Crippen LogP contribution in [-0.2, 0) is 0 Å². The SMILES string of the molecule is Cc1ccc([C@@H](C)NCC(C#N)c2ccccc2)cc1. The molecule has 20 heavy (non-hydrogen) atoms. The van der Waals surface area contributed by atoms with E-state index in [4.69, 9.17) is 0 Å². The van der Waals surface area contributed by atoms with Crippen molar-refractivity contribution in [3.63, 3.8) is 0 Å². The summed E-state index contributed by atoms with van der Waals surface area (Å²) in [7, 11) is 0. The van der Waals surface area contributed by atoms with Gasteiger partial charge >= 0.3 is 0 Å². The third kappa shape index (κ3) is 3.69. The van der Waals surface area contributed by atoms with Crippen LogP contribution in [0.3, 0.4) is 0 Å². The third-order valence-corrected chi connectivity index (χ3v) is 3.56. The van der Waals surface area contributed by atoms with Gasteiger partial charge in [0.05, 0.1) is 12.0 Å². The van der Waals surface area contributed by atoms with E-state index in [1.807, 2.05) is 30.3 Å². The fraction of sp³-hybridized carbons (Fsp3) is 0.278. The highest BCUT2D eigenvalue weighted by molar-refractivity contribution is 5.26. The van der Waals surface area contributed by atoms with Crippen LogP contribution in [0.5, 0.6) is 0 Å². The summed E-state index contributed by atoms with van der Waals surface area (Å²) in [4.78, 5) is 0. The quantitative estimate of drug-likeness (QED) is 0.887. The molecule has 2 nitrogen and oxygen atoms in total. The Morgan fingerprint density at radius 3 is 2.25 bits per heavy atom. The number of hydrogen-bond donors (Lipinski definition) is 1. The van der Waals surface area contributed by atoms with E-state index in [-0.39, 0.29) is 12.0 Å². The van der Waals surface area contributed by atoms with Gasteiger partial charge in [-0.2, -0.15) is 5.26 Å². The molecule has 0 spiro atoms. The van der Waals surface area contributed by atoms with Crippen molar-refractivity contribution >= 4 is 0 Å². The number of nitrogens with zero attached hydrogens (tertiary/aromatic N) is 1. The van der Waals surface area contributed by atoms with Crippen LogP contribution in [0.25, 0.3) is 0 Å². The van der Waals surface area contributed by atoms with Gasteiger partial charge in [-0.15, -0.1) is 0 Å². The maximum absolute atomic E-state index is 9.31. The van der Waals surface area contributed by atoms with Crippen LogP contribution >= 0.6 is 0 Å². The van der Waals surface area contributed by atoms with Crippen molar-refractivity contribution in [2.75, 3.05) is 6.54 Å². The maximum Gasteiger partial charge on any atom is 0.0837 e. The molecule has 0 radical (unpaired) electrons. The fourth-order valence-electron chi connectivity index (χ4n) is 2.19. The van der Waals surface area contributed by atoms with Crippen molar-refractivity contribution in [3.05, 3.63) is 71.3 Å². The molecular weight excluding hydrogens is 244 g/mol. The first-order chi connectivity index (χ1) is 9.70. The van der Waals surface area contributed by atoms with Crippen LogP contribution < -0.4 is 5.32 Å². The number of benzene rings is 2. The number of hydrogen-bond acceptors (Lipinski definition) is 2. The Morgan fingerprint density at radius 1 is 1.00 bits per heavy atom. The Bertz CT molecular complexity index is 567. The number of nitriles is 1. The first-order valence-corrected chi connectivity index (χ1v) is 6.95. The van der Waals surface area contributed by atoms with E-state index >= 15 is 0 Å². The summed E-state index contributed by atoms with van der Waals surface area (Å²) in [5.41, 5.74) is 3.58. The fourth-order valence-corrected chi connectivity index (χ4v) is 2.19. The van der Waals surface area contributed by atoms with E-state index in [0.717, 1.165) is 5.56 Å². The Labute approximate surface area is 121 Å². The molecule has 0 saturated heterocycles. The summed E-state index contributed by atoms with van der Waals surface area (Å²) >= 11 is 0. The highest BCUT2D eigenvalue weighted by atomic mass is 14.9. The Morgan fingerprint density at radius 2 is 1.65 bits per heavy atom. The van der Waals surface area contributed by atoms with Gasteiger partial charge in [-0.3, -0.25) is 0 Å². The molecule has 1 N–H and O–H groups in total. The van der Waals surface area contributed by atoms with Crippen molar-refractivity contribution in [3.8, 4) is 6.07 Å². The minimum atomic E-state index is -0.107. The second-order valence-corrected chi connectivity index (χ2v) is 5.13. The standard InChI is InChI=1S/C18H20N2/c1-14-8-10-16(11-9-14)15(2)20-13-18(12-19)17-6-4-3-5-7-17/h3-11,15,18,20H,13H2,1-2H3/t15-,18?/m1/s1. The molecule has 0 aliphatic heterocycles. The molecule has 0 saturated carbocycles. The van der Waals surface area contributed by atoms with E-state index in [1.165, 1.54) is 11.1 Å². The normalized spacial score (nSPS) is 13.4. The lowest BCUT2D eigenvalue weighted by atomic mass is 9.99. The second-order valence-electron chi connectivity index (χ2n) is 5.13. The van der Waals surface area contributed by atoms with Crippen molar-refractivity contribution in [1.82, 2.24) is 5.32 Å².